The fourth-order valence-corrected chi connectivity index (χ4v) is 2.67. The Morgan fingerprint density at radius 2 is 1.87 bits per heavy atom. The molecule has 1 unspecified atom stereocenters. The second kappa shape index (κ2) is 5.83. The summed E-state index contributed by atoms with van der Waals surface area (Å²) in [5.74, 6) is 0. The SMILES string of the molecule is COC1CCC(NC2CCCOC2)CC1. The van der Waals surface area contributed by atoms with Gasteiger partial charge in [0.1, 0.15) is 0 Å². The van der Waals surface area contributed by atoms with Gasteiger partial charge in [0.05, 0.1) is 12.7 Å². The molecular weight excluding hydrogens is 190 g/mol. The average Bonchev–Trinajstić information content (AvgIpc) is 2.31. The van der Waals surface area contributed by atoms with Crippen molar-refractivity contribution in [3.05, 3.63) is 0 Å². The summed E-state index contributed by atoms with van der Waals surface area (Å²) in [6, 6.07) is 1.30. The maximum Gasteiger partial charge on any atom is 0.0619 e. The molecule has 1 saturated heterocycles. The normalized spacial score (nSPS) is 37.8. The van der Waals surface area contributed by atoms with Crippen molar-refractivity contribution in [2.45, 2.75) is 56.7 Å². The highest BCUT2D eigenvalue weighted by molar-refractivity contribution is 4.81. The first-order chi connectivity index (χ1) is 7.38. The molecule has 0 bridgehead atoms. The van der Waals surface area contributed by atoms with Crippen LogP contribution in [0.4, 0.5) is 0 Å². The van der Waals surface area contributed by atoms with Gasteiger partial charge in [-0.25, -0.2) is 0 Å². The molecule has 2 rings (SSSR count). The van der Waals surface area contributed by atoms with Crippen molar-refractivity contribution in [3.8, 4) is 0 Å². The van der Waals surface area contributed by atoms with E-state index in [0.717, 1.165) is 13.2 Å². The van der Waals surface area contributed by atoms with Crippen molar-refractivity contribution >= 4 is 0 Å². The third kappa shape index (κ3) is 3.44. The summed E-state index contributed by atoms with van der Waals surface area (Å²) in [5, 5.41) is 3.72. The zero-order valence-corrected chi connectivity index (χ0v) is 9.71. The van der Waals surface area contributed by atoms with Gasteiger partial charge in [0, 0.05) is 25.8 Å². The Labute approximate surface area is 92.5 Å². The summed E-state index contributed by atoms with van der Waals surface area (Å²) >= 11 is 0. The summed E-state index contributed by atoms with van der Waals surface area (Å²) in [6.45, 7) is 1.86. The van der Waals surface area contributed by atoms with Crippen LogP contribution in [0.25, 0.3) is 0 Å². The van der Waals surface area contributed by atoms with E-state index >= 15 is 0 Å². The van der Waals surface area contributed by atoms with E-state index in [-0.39, 0.29) is 0 Å². The molecule has 0 radical (unpaired) electrons. The molecule has 3 nitrogen and oxygen atoms in total. The van der Waals surface area contributed by atoms with E-state index in [1.54, 1.807) is 0 Å². The zero-order valence-electron chi connectivity index (χ0n) is 9.71. The lowest BCUT2D eigenvalue weighted by Crippen LogP contribution is -2.45. The zero-order chi connectivity index (χ0) is 10.5. The van der Waals surface area contributed by atoms with Gasteiger partial charge in [-0.15, -0.1) is 0 Å². The molecule has 0 aromatic carbocycles. The number of nitrogens with one attached hydrogen (secondary N) is 1. The maximum atomic E-state index is 5.48. The predicted molar refractivity (Wildman–Crippen MR) is 60.0 cm³/mol. The molecule has 15 heavy (non-hydrogen) atoms. The first-order valence-electron chi connectivity index (χ1n) is 6.25. The van der Waals surface area contributed by atoms with Crippen LogP contribution in [-0.4, -0.2) is 38.5 Å². The van der Waals surface area contributed by atoms with Crippen LogP contribution >= 0.6 is 0 Å². The van der Waals surface area contributed by atoms with Crippen LogP contribution in [0.3, 0.4) is 0 Å². The third-order valence-electron chi connectivity index (χ3n) is 3.64. The van der Waals surface area contributed by atoms with E-state index in [9.17, 15) is 0 Å². The summed E-state index contributed by atoms with van der Waals surface area (Å²) in [6.07, 6.45) is 7.94. The van der Waals surface area contributed by atoms with E-state index in [1.807, 2.05) is 7.11 Å². The number of rotatable bonds is 3. The van der Waals surface area contributed by atoms with Gasteiger partial charge >= 0.3 is 0 Å². The van der Waals surface area contributed by atoms with Crippen LogP contribution in [0.2, 0.25) is 0 Å². The minimum absolute atomic E-state index is 0.505. The van der Waals surface area contributed by atoms with Crippen molar-refractivity contribution < 1.29 is 9.47 Å². The van der Waals surface area contributed by atoms with Crippen molar-refractivity contribution in [1.82, 2.24) is 5.32 Å². The van der Waals surface area contributed by atoms with Crippen molar-refractivity contribution in [3.63, 3.8) is 0 Å². The fourth-order valence-electron chi connectivity index (χ4n) is 2.67. The quantitative estimate of drug-likeness (QED) is 0.774. The minimum Gasteiger partial charge on any atom is -0.381 e. The molecule has 1 aliphatic heterocycles. The lowest BCUT2D eigenvalue weighted by atomic mass is 9.92. The standard InChI is InChI=1S/C12H23NO2/c1-14-12-6-4-10(5-7-12)13-11-3-2-8-15-9-11/h10-13H,2-9H2,1H3. The highest BCUT2D eigenvalue weighted by atomic mass is 16.5. The molecule has 3 heteroatoms. The summed E-state index contributed by atoms with van der Waals surface area (Å²) < 4.78 is 10.9. The molecule has 0 spiro atoms. The van der Waals surface area contributed by atoms with Crippen molar-refractivity contribution in [2.75, 3.05) is 20.3 Å². The van der Waals surface area contributed by atoms with Gasteiger partial charge in [0.2, 0.25) is 0 Å². The minimum atomic E-state index is 0.505. The topological polar surface area (TPSA) is 30.5 Å². The van der Waals surface area contributed by atoms with Crippen LogP contribution < -0.4 is 5.32 Å². The first kappa shape index (κ1) is 11.4. The van der Waals surface area contributed by atoms with Gasteiger partial charge in [-0.2, -0.15) is 0 Å². The van der Waals surface area contributed by atoms with E-state index in [2.05, 4.69) is 5.32 Å². The highest BCUT2D eigenvalue weighted by Gasteiger charge is 2.23. The molecule has 88 valence electrons. The first-order valence-corrected chi connectivity index (χ1v) is 6.25. The predicted octanol–water partition coefficient (Wildman–Crippen LogP) is 1.71. The van der Waals surface area contributed by atoms with Crippen molar-refractivity contribution in [2.24, 2.45) is 0 Å². The molecule has 1 aliphatic carbocycles. The summed E-state index contributed by atoms with van der Waals surface area (Å²) in [4.78, 5) is 0. The summed E-state index contributed by atoms with van der Waals surface area (Å²) in [5.41, 5.74) is 0. The van der Waals surface area contributed by atoms with Gasteiger partial charge in [0.25, 0.3) is 0 Å². The maximum absolute atomic E-state index is 5.48. The number of hydrogen-bond donors (Lipinski definition) is 1. The number of ether oxygens (including phenoxy) is 2. The molecule has 1 saturated carbocycles. The van der Waals surface area contributed by atoms with Crippen molar-refractivity contribution in [1.29, 1.82) is 0 Å². The monoisotopic (exact) mass is 213 g/mol. The lowest BCUT2D eigenvalue weighted by Gasteiger charge is -2.33. The van der Waals surface area contributed by atoms with Gasteiger partial charge in [-0.05, 0) is 38.5 Å². The molecular formula is C12H23NO2. The second-order valence-electron chi connectivity index (χ2n) is 4.79. The Bertz CT molecular complexity index is 172. The molecule has 0 aromatic heterocycles. The Morgan fingerprint density at radius 1 is 1.07 bits per heavy atom. The van der Waals surface area contributed by atoms with Gasteiger partial charge in [0.15, 0.2) is 0 Å². The fraction of sp³-hybridized carbons (Fsp3) is 1.00. The lowest BCUT2D eigenvalue weighted by molar-refractivity contribution is 0.0444. The molecule has 2 aliphatic rings. The third-order valence-corrected chi connectivity index (χ3v) is 3.64. The molecule has 1 atom stereocenters. The molecule has 1 N–H and O–H groups in total. The van der Waals surface area contributed by atoms with Gasteiger partial charge in [-0.1, -0.05) is 0 Å². The highest BCUT2D eigenvalue weighted by Crippen LogP contribution is 2.21. The molecule has 2 fully saturated rings. The Kier molecular flexibility index (Phi) is 4.42. The van der Waals surface area contributed by atoms with Crippen LogP contribution in [0.15, 0.2) is 0 Å². The van der Waals surface area contributed by atoms with E-state index in [1.165, 1.54) is 38.5 Å². The average molecular weight is 213 g/mol. The van der Waals surface area contributed by atoms with E-state index in [0.29, 0.717) is 18.2 Å². The van der Waals surface area contributed by atoms with Crippen LogP contribution in [0, 0.1) is 0 Å². The van der Waals surface area contributed by atoms with Crippen LogP contribution in [0.1, 0.15) is 38.5 Å². The van der Waals surface area contributed by atoms with Gasteiger partial charge in [-0.3, -0.25) is 0 Å². The number of hydrogen-bond acceptors (Lipinski definition) is 3. The second-order valence-corrected chi connectivity index (χ2v) is 4.79. The van der Waals surface area contributed by atoms with E-state index < -0.39 is 0 Å². The van der Waals surface area contributed by atoms with Crippen LogP contribution in [-0.2, 0) is 9.47 Å². The molecule has 1 heterocycles. The summed E-state index contributed by atoms with van der Waals surface area (Å²) in [7, 11) is 1.83. The van der Waals surface area contributed by atoms with E-state index in [4.69, 9.17) is 9.47 Å². The molecule has 0 amide bonds. The Hall–Kier alpha value is -0.120. The Balaban J connectivity index is 1.67. The van der Waals surface area contributed by atoms with Gasteiger partial charge < -0.3 is 14.8 Å². The Morgan fingerprint density at radius 3 is 2.47 bits per heavy atom. The number of methoxy groups -OCH3 is 1. The smallest absolute Gasteiger partial charge is 0.0619 e. The molecule has 0 aromatic rings. The van der Waals surface area contributed by atoms with Crippen LogP contribution in [0.5, 0.6) is 0 Å². The largest absolute Gasteiger partial charge is 0.381 e.